The fourth-order valence-corrected chi connectivity index (χ4v) is 2.11. The van der Waals surface area contributed by atoms with Crippen molar-refractivity contribution in [3.05, 3.63) is 18.2 Å². The number of aliphatic hydroxyl groups is 1. The van der Waals surface area contributed by atoms with Crippen LogP contribution in [0.3, 0.4) is 0 Å². The molecule has 0 heterocycles. The van der Waals surface area contributed by atoms with Gasteiger partial charge in [-0.1, -0.05) is 0 Å². The summed E-state index contributed by atoms with van der Waals surface area (Å²) in [7, 11) is 0. The fraction of sp³-hybridized carbons (Fsp3) is 0.455. The van der Waals surface area contributed by atoms with Gasteiger partial charge < -0.3 is 15.6 Å². The van der Waals surface area contributed by atoms with E-state index in [0.29, 0.717) is 12.3 Å². The van der Waals surface area contributed by atoms with E-state index in [2.05, 4.69) is 0 Å². The zero-order valence-corrected chi connectivity index (χ0v) is 9.72. The third-order valence-electron chi connectivity index (χ3n) is 1.78. The van der Waals surface area contributed by atoms with Gasteiger partial charge in [-0.25, -0.2) is 0 Å². The first-order valence-electron chi connectivity index (χ1n) is 5.03. The van der Waals surface area contributed by atoms with Crippen LogP contribution in [0.25, 0.3) is 0 Å². The van der Waals surface area contributed by atoms with E-state index in [1.807, 2.05) is 25.1 Å². The minimum Gasteiger partial charge on any atom is -0.494 e. The SMILES string of the molecule is CCOc1cc(N)cc(SCCCO)c1. The van der Waals surface area contributed by atoms with Crippen molar-refractivity contribution in [2.75, 3.05) is 24.7 Å². The number of anilines is 1. The van der Waals surface area contributed by atoms with E-state index in [9.17, 15) is 0 Å². The van der Waals surface area contributed by atoms with E-state index in [1.54, 1.807) is 11.8 Å². The summed E-state index contributed by atoms with van der Waals surface area (Å²) in [5, 5.41) is 8.67. The number of rotatable bonds is 6. The van der Waals surface area contributed by atoms with Crippen LogP contribution < -0.4 is 10.5 Å². The molecule has 15 heavy (non-hydrogen) atoms. The van der Waals surface area contributed by atoms with Crippen molar-refractivity contribution in [3.8, 4) is 5.75 Å². The summed E-state index contributed by atoms with van der Waals surface area (Å²) in [4.78, 5) is 1.09. The molecule has 0 saturated carbocycles. The Morgan fingerprint density at radius 2 is 2.20 bits per heavy atom. The number of ether oxygens (including phenoxy) is 1. The van der Waals surface area contributed by atoms with Gasteiger partial charge in [0.25, 0.3) is 0 Å². The Labute approximate surface area is 94.6 Å². The van der Waals surface area contributed by atoms with Crippen molar-refractivity contribution >= 4 is 17.4 Å². The molecule has 0 aliphatic carbocycles. The predicted molar refractivity (Wildman–Crippen MR) is 64.5 cm³/mol. The molecule has 1 aromatic rings. The second-order valence-electron chi connectivity index (χ2n) is 3.10. The van der Waals surface area contributed by atoms with Crippen molar-refractivity contribution in [3.63, 3.8) is 0 Å². The topological polar surface area (TPSA) is 55.5 Å². The zero-order chi connectivity index (χ0) is 11.1. The summed E-state index contributed by atoms with van der Waals surface area (Å²) in [6.45, 7) is 2.82. The highest BCUT2D eigenvalue weighted by Crippen LogP contribution is 2.27. The maximum absolute atomic E-state index is 8.67. The van der Waals surface area contributed by atoms with E-state index in [0.717, 1.165) is 22.8 Å². The number of aliphatic hydroxyl groups excluding tert-OH is 1. The van der Waals surface area contributed by atoms with Crippen LogP contribution in [-0.4, -0.2) is 24.1 Å². The van der Waals surface area contributed by atoms with Gasteiger partial charge in [0, 0.05) is 29.0 Å². The van der Waals surface area contributed by atoms with Crippen LogP contribution in [0.2, 0.25) is 0 Å². The molecular weight excluding hydrogens is 210 g/mol. The van der Waals surface area contributed by atoms with Crippen molar-refractivity contribution in [1.82, 2.24) is 0 Å². The molecule has 0 spiro atoms. The molecule has 4 heteroatoms. The second-order valence-corrected chi connectivity index (χ2v) is 4.26. The number of nitrogens with two attached hydrogens (primary N) is 1. The molecule has 0 saturated heterocycles. The Bertz CT molecular complexity index is 305. The molecule has 0 bridgehead atoms. The van der Waals surface area contributed by atoms with Gasteiger partial charge in [-0.2, -0.15) is 0 Å². The number of hydrogen-bond donors (Lipinski definition) is 2. The summed E-state index contributed by atoms with van der Waals surface area (Å²) in [6, 6.07) is 5.71. The molecular formula is C11H17NO2S. The average Bonchev–Trinajstić information content (AvgIpc) is 2.18. The van der Waals surface area contributed by atoms with Gasteiger partial charge >= 0.3 is 0 Å². The minimum atomic E-state index is 0.230. The Hall–Kier alpha value is -0.870. The molecule has 0 fully saturated rings. The van der Waals surface area contributed by atoms with Crippen LogP contribution in [0.1, 0.15) is 13.3 Å². The fourth-order valence-electron chi connectivity index (χ4n) is 1.18. The lowest BCUT2D eigenvalue weighted by molar-refractivity contribution is 0.296. The lowest BCUT2D eigenvalue weighted by Gasteiger charge is -2.07. The average molecular weight is 227 g/mol. The van der Waals surface area contributed by atoms with Gasteiger partial charge in [0.05, 0.1) is 6.61 Å². The standard InChI is InChI=1S/C11H17NO2S/c1-2-14-10-6-9(12)7-11(8-10)15-5-3-4-13/h6-8,13H,2-5,12H2,1H3. The molecule has 0 radical (unpaired) electrons. The van der Waals surface area contributed by atoms with E-state index in [4.69, 9.17) is 15.6 Å². The summed E-state index contributed by atoms with van der Waals surface area (Å²) < 4.78 is 5.39. The van der Waals surface area contributed by atoms with Gasteiger partial charge in [-0.15, -0.1) is 11.8 Å². The Morgan fingerprint density at radius 1 is 1.40 bits per heavy atom. The molecule has 1 aromatic carbocycles. The van der Waals surface area contributed by atoms with Crippen LogP contribution in [0.15, 0.2) is 23.1 Å². The zero-order valence-electron chi connectivity index (χ0n) is 8.90. The summed E-state index contributed by atoms with van der Waals surface area (Å²) in [5.74, 6) is 1.70. The van der Waals surface area contributed by atoms with Crippen LogP contribution in [0.5, 0.6) is 5.75 Å². The van der Waals surface area contributed by atoms with Crippen molar-refractivity contribution in [2.45, 2.75) is 18.2 Å². The predicted octanol–water partition coefficient (Wildman–Crippen LogP) is 2.14. The Morgan fingerprint density at radius 3 is 2.87 bits per heavy atom. The third kappa shape index (κ3) is 4.44. The molecule has 0 amide bonds. The van der Waals surface area contributed by atoms with Crippen molar-refractivity contribution in [2.24, 2.45) is 0 Å². The van der Waals surface area contributed by atoms with E-state index >= 15 is 0 Å². The molecule has 3 nitrogen and oxygen atoms in total. The highest BCUT2D eigenvalue weighted by atomic mass is 32.2. The van der Waals surface area contributed by atoms with Gasteiger partial charge in [0.15, 0.2) is 0 Å². The van der Waals surface area contributed by atoms with Gasteiger partial charge in [-0.05, 0) is 25.5 Å². The normalized spacial score (nSPS) is 10.3. The van der Waals surface area contributed by atoms with Gasteiger partial charge in [0.1, 0.15) is 5.75 Å². The first kappa shape index (κ1) is 12.2. The maximum Gasteiger partial charge on any atom is 0.122 e. The molecule has 0 aromatic heterocycles. The smallest absolute Gasteiger partial charge is 0.122 e. The molecule has 3 N–H and O–H groups in total. The van der Waals surface area contributed by atoms with Gasteiger partial charge in [-0.3, -0.25) is 0 Å². The first-order chi connectivity index (χ1) is 7.26. The molecule has 84 valence electrons. The third-order valence-corrected chi connectivity index (χ3v) is 2.85. The lowest BCUT2D eigenvalue weighted by Crippen LogP contribution is -1.94. The second kappa shape index (κ2) is 6.58. The monoisotopic (exact) mass is 227 g/mol. The lowest BCUT2D eigenvalue weighted by atomic mass is 10.3. The molecule has 0 atom stereocenters. The number of benzene rings is 1. The Kier molecular flexibility index (Phi) is 5.36. The van der Waals surface area contributed by atoms with Crippen LogP contribution in [0.4, 0.5) is 5.69 Å². The quantitative estimate of drug-likeness (QED) is 0.444. The van der Waals surface area contributed by atoms with Crippen molar-refractivity contribution in [1.29, 1.82) is 0 Å². The van der Waals surface area contributed by atoms with E-state index < -0.39 is 0 Å². The molecule has 1 rings (SSSR count). The maximum atomic E-state index is 8.67. The molecule has 0 unspecified atom stereocenters. The molecule has 0 aliphatic heterocycles. The highest BCUT2D eigenvalue weighted by Gasteiger charge is 2.00. The van der Waals surface area contributed by atoms with Crippen LogP contribution >= 0.6 is 11.8 Å². The van der Waals surface area contributed by atoms with Crippen LogP contribution in [-0.2, 0) is 0 Å². The van der Waals surface area contributed by atoms with Crippen molar-refractivity contribution < 1.29 is 9.84 Å². The van der Waals surface area contributed by atoms with E-state index in [-0.39, 0.29) is 6.61 Å². The summed E-state index contributed by atoms with van der Waals surface area (Å²) >= 11 is 1.68. The first-order valence-corrected chi connectivity index (χ1v) is 6.02. The van der Waals surface area contributed by atoms with Gasteiger partial charge in [0.2, 0.25) is 0 Å². The highest BCUT2D eigenvalue weighted by molar-refractivity contribution is 7.99. The minimum absolute atomic E-state index is 0.230. The Balaban J connectivity index is 2.62. The van der Waals surface area contributed by atoms with E-state index in [1.165, 1.54) is 0 Å². The summed E-state index contributed by atoms with van der Waals surface area (Å²) in [5.41, 5.74) is 6.47. The number of nitrogen functional groups attached to an aromatic ring is 1. The number of thioether (sulfide) groups is 1. The van der Waals surface area contributed by atoms with Crippen LogP contribution in [0, 0.1) is 0 Å². The summed E-state index contributed by atoms with van der Waals surface area (Å²) in [6.07, 6.45) is 0.795. The number of hydrogen-bond acceptors (Lipinski definition) is 4. The largest absolute Gasteiger partial charge is 0.494 e. The molecule has 0 aliphatic rings.